The molecule has 0 saturated carbocycles. The van der Waals surface area contributed by atoms with Gasteiger partial charge in [-0.3, -0.25) is 0 Å². The Balaban J connectivity index is 1.44. The molecule has 0 aliphatic carbocycles. The molecule has 0 spiro atoms. The molecule has 0 aliphatic heterocycles. The van der Waals surface area contributed by atoms with E-state index >= 15 is 0 Å². The number of aromatic amines is 2. The number of imidazole rings is 2. The summed E-state index contributed by atoms with van der Waals surface area (Å²) in [7, 11) is 0. The van der Waals surface area contributed by atoms with E-state index < -0.39 is 0 Å². The van der Waals surface area contributed by atoms with Crippen LogP contribution in [0.15, 0.2) is 36.4 Å². The lowest BCUT2D eigenvalue weighted by Crippen LogP contribution is -2.04. The van der Waals surface area contributed by atoms with Gasteiger partial charge < -0.3 is 30.8 Å². The van der Waals surface area contributed by atoms with Crippen molar-refractivity contribution in [3.8, 4) is 0 Å². The minimum absolute atomic E-state index is 0.1000. The monoisotopic (exact) mass is 380 g/mol. The van der Waals surface area contributed by atoms with E-state index in [2.05, 4.69) is 30.6 Å². The number of rotatable bonds is 9. The van der Waals surface area contributed by atoms with Gasteiger partial charge in [0.1, 0.15) is 11.6 Å². The number of hydrogen-bond acceptors (Lipinski definition) is 6. The van der Waals surface area contributed by atoms with Crippen LogP contribution in [0.2, 0.25) is 0 Å². The number of anilines is 2. The van der Waals surface area contributed by atoms with Crippen molar-refractivity contribution in [3.05, 3.63) is 48.0 Å². The van der Waals surface area contributed by atoms with Crippen LogP contribution in [0.1, 0.15) is 11.6 Å². The van der Waals surface area contributed by atoms with Gasteiger partial charge in [0.05, 0.1) is 35.3 Å². The first-order chi connectivity index (χ1) is 13.7. The highest BCUT2D eigenvalue weighted by Crippen LogP contribution is 2.20. The van der Waals surface area contributed by atoms with E-state index in [0.717, 1.165) is 57.9 Å². The molecule has 4 rings (SSSR count). The van der Waals surface area contributed by atoms with Gasteiger partial charge in [0.15, 0.2) is 0 Å². The maximum Gasteiger partial charge on any atom is 0.107 e. The summed E-state index contributed by atoms with van der Waals surface area (Å²) in [5.41, 5.74) is 5.71. The zero-order chi connectivity index (χ0) is 19.3. The van der Waals surface area contributed by atoms with Gasteiger partial charge in [-0.1, -0.05) is 0 Å². The fourth-order valence-corrected chi connectivity index (χ4v) is 3.22. The molecule has 4 aromatic rings. The van der Waals surface area contributed by atoms with Crippen LogP contribution in [0.25, 0.3) is 22.1 Å². The number of nitrogens with one attached hydrogen (secondary N) is 4. The third kappa shape index (κ3) is 4.08. The van der Waals surface area contributed by atoms with Crippen LogP contribution in [-0.2, 0) is 12.8 Å². The van der Waals surface area contributed by atoms with Crippen LogP contribution >= 0.6 is 0 Å². The Morgan fingerprint density at radius 1 is 0.714 bits per heavy atom. The number of aromatic nitrogens is 4. The molecule has 28 heavy (non-hydrogen) atoms. The lowest BCUT2D eigenvalue weighted by atomic mass is 10.3. The van der Waals surface area contributed by atoms with Crippen LogP contribution in [0.5, 0.6) is 0 Å². The highest BCUT2D eigenvalue weighted by Gasteiger charge is 2.08. The van der Waals surface area contributed by atoms with Gasteiger partial charge in [-0.2, -0.15) is 0 Å². The zero-order valence-corrected chi connectivity index (χ0v) is 15.5. The second kappa shape index (κ2) is 8.28. The van der Waals surface area contributed by atoms with Crippen molar-refractivity contribution in [2.24, 2.45) is 0 Å². The minimum atomic E-state index is 0.1000. The van der Waals surface area contributed by atoms with E-state index in [1.807, 2.05) is 36.4 Å². The van der Waals surface area contributed by atoms with Gasteiger partial charge in [0.25, 0.3) is 0 Å². The number of aryl methyl sites for hydroxylation is 2. The smallest absolute Gasteiger partial charge is 0.107 e. The second-order valence-electron chi connectivity index (χ2n) is 6.63. The molecule has 0 unspecified atom stereocenters. The number of H-pyrrole nitrogens is 2. The molecule has 0 aliphatic rings. The molecular weight excluding hydrogens is 356 g/mol. The number of aliphatic hydroxyl groups is 2. The SMILES string of the molecule is OCCNc1ccc2nc(CCc3nc4ccc(NCCO)cc4[nH]3)[nH]c2c1. The topological polar surface area (TPSA) is 122 Å². The normalized spacial score (nSPS) is 11.4. The first-order valence-corrected chi connectivity index (χ1v) is 9.42. The summed E-state index contributed by atoms with van der Waals surface area (Å²) in [4.78, 5) is 16.0. The average molecular weight is 380 g/mol. The Morgan fingerprint density at radius 2 is 1.18 bits per heavy atom. The highest BCUT2D eigenvalue weighted by atomic mass is 16.3. The molecule has 146 valence electrons. The number of fused-ring (bicyclic) bond motifs is 2. The molecule has 0 radical (unpaired) electrons. The molecule has 0 fully saturated rings. The molecule has 0 atom stereocenters. The summed E-state index contributed by atoms with van der Waals surface area (Å²) < 4.78 is 0. The van der Waals surface area contributed by atoms with E-state index in [1.54, 1.807) is 0 Å². The fraction of sp³-hybridized carbons (Fsp3) is 0.300. The third-order valence-electron chi connectivity index (χ3n) is 4.54. The molecular formula is C20H24N6O2. The van der Waals surface area contributed by atoms with Crippen molar-refractivity contribution >= 4 is 33.4 Å². The van der Waals surface area contributed by atoms with E-state index in [1.165, 1.54) is 0 Å². The second-order valence-corrected chi connectivity index (χ2v) is 6.63. The number of benzene rings is 2. The fourth-order valence-electron chi connectivity index (χ4n) is 3.22. The van der Waals surface area contributed by atoms with Gasteiger partial charge >= 0.3 is 0 Å². The predicted octanol–water partition coefficient (Wildman–Crippen LogP) is 2.03. The van der Waals surface area contributed by atoms with Crippen LogP contribution in [0.3, 0.4) is 0 Å². The molecule has 8 heteroatoms. The first kappa shape index (κ1) is 18.3. The van der Waals surface area contributed by atoms with Crippen LogP contribution in [0.4, 0.5) is 11.4 Å². The van der Waals surface area contributed by atoms with Gasteiger partial charge in [0, 0.05) is 37.3 Å². The summed E-state index contributed by atoms with van der Waals surface area (Å²) in [6, 6.07) is 11.9. The summed E-state index contributed by atoms with van der Waals surface area (Å²) in [5.74, 6) is 1.83. The van der Waals surface area contributed by atoms with E-state index in [-0.39, 0.29) is 13.2 Å². The van der Waals surface area contributed by atoms with E-state index in [0.29, 0.717) is 13.1 Å². The van der Waals surface area contributed by atoms with Crippen molar-refractivity contribution in [2.45, 2.75) is 12.8 Å². The van der Waals surface area contributed by atoms with Gasteiger partial charge in [-0.05, 0) is 36.4 Å². The number of hydrogen-bond donors (Lipinski definition) is 6. The van der Waals surface area contributed by atoms with Crippen LogP contribution < -0.4 is 10.6 Å². The standard InChI is InChI=1S/C20H24N6O2/c27-9-7-21-13-1-3-15-17(11-13)25-19(23-15)5-6-20-24-16-4-2-14(22-8-10-28)12-18(16)26-20/h1-4,11-12,21-22,27-28H,5-10H2,(H,23,25)(H,24,26). The molecule has 6 N–H and O–H groups in total. The van der Waals surface area contributed by atoms with Crippen molar-refractivity contribution < 1.29 is 10.2 Å². The molecule has 2 aromatic carbocycles. The van der Waals surface area contributed by atoms with E-state index in [4.69, 9.17) is 10.2 Å². The maximum atomic E-state index is 8.92. The Labute approximate surface area is 162 Å². The number of nitrogens with zero attached hydrogens (tertiary/aromatic N) is 2. The Morgan fingerprint density at radius 3 is 1.61 bits per heavy atom. The Hall–Kier alpha value is -3.10. The van der Waals surface area contributed by atoms with Crippen molar-refractivity contribution in [3.63, 3.8) is 0 Å². The molecule has 8 nitrogen and oxygen atoms in total. The minimum Gasteiger partial charge on any atom is -0.395 e. The summed E-state index contributed by atoms with van der Waals surface area (Å²) in [6.45, 7) is 1.25. The van der Waals surface area contributed by atoms with Gasteiger partial charge in [0.2, 0.25) is 0 Å². The van der Waals surface area contributed by atoms with Crippen LogP contribution in [-0.4, -0.2) is 56.5 Å². The molecule has 0 saturated heterocycles. The maximum absolute atomic E-state index is 8.92. The third-order valence-corrected chi connectivity index (χ3v) is 4.54. The largest absolute Gasteiger partial charge is 0.395 e. The molecule has 0 amide bonds. The van der Waals surface area contributed by atoms with Crippen molar-refractivity contribution in [1.82, 2.24) is 19.9 Å². The summed E-state index contributed by atoms with van der Waals surface area (Å²) in [6.07, 6.45) is 1.51. The summed E-state index contributed by atoms with van der Waals surface area (Å²) in [5, 5.41) is 24.2. The Kier molecular flexibility index (Phi) is 5.41. The van der Waals surface area contributed by atoms with Gasteiger partial charge in [-0.15, -0.1) is 0 Å². The predicted molar refractivity (Wildman–Crippen MR) is 111 cm³/mol. The van der Waals surface area contributed by atoms with Crippen molar-refractivity contribution in [2.75, 3.05) is 36.9 Å². The lowest BCUT2D eigenvalue weighted by Gasteiger charge is -2.02. The molecule has 2 aromatic heterocycles. The number of aliphatic hydroxyl groups excluding tert-OH is 2. The Bertz CT molecular complexity index is 985. The quantitative estimate of drug-likeness (QED) is 0.264. The highest BCUT2D eigenvalue weighted by molar-refractivity contribution is 5.80. The molecule has 2 heterocycles. The van der Waals surface area contributed by atoms with Crippen molar-refractivity contribution in [1.29, 1.82) is 0 Å². The zero-order valence-electron chi connectivity index (χ0n) is 15.5. The lowest BCUT2D eigenvalue weighted by molar-refractivity contribution is 0.311. The summed E-state index contributed by atoms with van der Waals surface area (Å²) >= 11 is 0. The average Bonchev–Trinajstić information content (AvgIpc) is 3.31. The first-order valence-electron chi connectivity index (χ1n) is 9.42. The molecule has 0 bridgehead atoms. The van der Waals surface area contributed by atoms with Gasteiger partial charge in [-0.25, -0.2) is 9.97 Å². The van der Waals surface area contributed by atoms with E-state index in [9.17, 15) is 0 Å². The van der Waals surface area contributed by atoms with Crippen LogP contribution in [0, 0.1) is 0 Å².